The van der Waals surface area contributed by atoms with Gasteiger partial charge < -0.3 is 15.4 Å². The van der Waals surface area contributed by atoms with Crippen LogP contribution in [-0.4, -0.2) is 31.6 Å². The van der Waals surface area contributed by atoms with Gasteiger partial charge in [0.05, 0.1) is 0 Å². The Balaban J connectivity index is 2.24. The fourth-order valence-corrected chi connectivity index (χ4v) is 1.73. The second kappa shape index (κ2) is 3.50. The quantitative estimate of drug-likeness (QED) is 0.678. The molecule has 1 heterocycles. The number of rotatable bonds is 1. The molecule has 0 bridgehead atoms. The second-order valence-electron chi connectivity index (χ2n) is 4.00. The third-order valence-electron chi connectivity index (χ3n) is 2.70. The van der Waals surface area contributed by atoms with Gasteiger partial charge in [-0.15, -0.1) is 0 Å². The second-order valence-corrected chi connectivity index (χ2v) is 4.00. The minimum absolute atomic E-state index is 0.462. The van der Waals surface area contributed by atoms with E-state index in [0.717, 1.165) is 24.5 Å². The van der Waals surface area contributed by atoms with Crippen molar-refractivity contribution in [3.05, 3.63) is 23.8 Å². The molecule has 0 spiro atoms. The van der Waals surface area contributed by atoms with Gasteiger partial charge in [-0.2, -0.15) is 0 Å². The molecule has 1 unspecified atom stereocenters. The fourth-order valence-electron chi connectivity index (χ4n) is 1.73. The van der Waals surface area contributed by atoms with E-state index < -0.39 is 0 Å². The molecule has 0 saturated carbocycles. The fraction of sp³-hybridized carbons (Fsp3) is 0.455. The molecule has 1 aliphatic rings. The first-order valence-corrected chi connectivity index (χ1v) is 4.84. The minimum atomic E-state index is 0.462. The topological polar surface area (TPSA) is 38.5 Å². The molecule has 1 aromatic rings. The highest BCUT2D eigenvalue weighted by Crippen LogP contribution is 2.27. The van der Waals surface area contributed by atoms with Crippen LogP contribution < -0.4 is 10.5 Å². The smallest absolute Gasteiger partial charge is 0.122 e. The Hall–Kier alpha value is -1.22. The van der Waals surface area contributed by atoms with Crippen molar-refractivity contribution in [2.24, 2.45) is 0 Å². The monoisotopic (exact) mass is 192 g/mol. The van der Waals surface area contributed by atoms with Crippen molar-refractivity contribution in [3.63, 3.8) is 0 Å². The third-order valence-corrected chi connectivity index (χ3v) is 2.70. The summed E-state index contributed by atoms with van der Waals surface area (Å²) < 4.78 is 5.66. The van der Waals surface area contributed by atoms with Crippen LogP contribution in [0.1, 0.15) is 5.56 Å². The Labute approximate surface area is 84.5 Å². The van der Waals surface area contributed by atoms with E-state index in [1.165, 1.54) is 5.56 Å². The molecule has 3 nitrogen and oxygen atoms in total. The Bertz CT molecular complexity index is 336. The molecule has 1 aromatic carbocycles. The summed E-state index contributed by atoms with van der Waals surface area (Å²) in [7, 11) is 4.15. The lowest BCUT2D eigenvalue weighted by Crippen LogP contribution is -2.38. The van der Waals surface area contributed by atoms with Crippen molar-refractivity contribution in [2.45, 2.75) is 12.5 Å². The van der Waals surface area contributed by atoms with E-state index in [0.29, 0.717) is 6.04 Å². The number of hydrogen-bond donors (Lipinski definition) is 1. The number of ether oxygens (including phenoxy) is 1. The van der Waals surface area contributed by atoms with Crippen molar-refractivity contribution >= 4 is 5.69 Å². The van der Waals surface area contributed by atoms with Gasteiger partial charge >= 0.3 is 0 Å². The highest BCUT2D eigenvalue weighted by Gasteiger charge is 2.21. The molecule has 76 valence electrons. The molecule has 0 saturated heterocycles. The lowest BCUT2D eigenvalue weighted by atomic mass is 10.0. The average molecular weight is 192 g/mol. The molecule has 0 fully saturated rings. The molecule has 0 aromatic heterocycles. The van der Waals surface area contributed by atoms with Gasteiger partial charge in [0.15, 0.2) is 0 Å². The first kappa shape index (κ1) is 9.34. The summed E-state index contributed by atoms with van der Waals surface area (Å²) in [6, 6.07) is 6.31. The van der Waals surface area contributed by atoms with Crippen molar-refractivity contribution < 1.29 is 4.74 Å². The van der Waals surface area contributed by atoms with Crippen molar-refractivity contribution in [2.75, 3.05) is 26.4 Å². The summed E-state index contributed by atoms with van der Waals surface area (Å²) in [4.78, 5) is 2.19. The molecule has 1 aliphatic heterocycles. The van der Waals surface area contributed by atoms with Gasteiger partial charge in [0, 0.05) is 11.7 Å². The number of anilines is 1. The van der Waals surface area contributed by atoms with Gasteiger partial charge in [0.2, 0.25) is 0 Å². The van der Waals surface area contributed by atoms with Crippen LogP contribution in [0.3, 0.4) is 0 Å². The lowest BCUT2D eigenvalue weighted by molar-refractivity contribution is 0.165. The predicted octanol–water partition coefficient (Wildman–Crippen LogP) is 1.13. The summed E-state index contributed by atoms with van der Waals surface area (Å²) in [6.07, 6.45) is 1.02. The van der Waals surface area contributed by atoms with Crippen LogP contribution in [0.4, 0.5) is 5.69 Å². The van der Waals surface area contributed by atoms with Crippen LogP contribution in [0.5, 0.6) is 5.75 Å². The Morgan fingerprint density at radius 2 is 2.21 bits per heavy atom. The maximum Gasteiger partial charge on any atom is 0.122 e. The van der Waals surface area contributed by atoms with Gasteiger partial charge in [0.1, 0.15) is 12.4 Å². The van der Waals surface area contributed by atoms with Crippen molar-refractivity contribution in [1.29, 1.82) is 0 Å². The van der Waals surface area contributed by atoms with E-state index in [1.807, 2.05) is 18.2 Å². The third kappa shape index (κ3) is 1.68. The molecule has 0 radical (unpaired) electrons. The molecule has 3 heteroatoms. The first-order valence-electron chi connectivity index (χ1n) is 4.84. The number of nitrogen functional groups attached to an aromatic ring is 1. The summed E-state index contributed by atoms with van der Waals surface area (Å²) >= 11 is 0. The van der Waals surface area contributed by atoms with Crippen molar-refractivity contribution in [3.8, 4) is 5.75 Å². The van der Waals surface area contributed by atoms with E-state index in [1.54, 1.807) is 0 Å². The van der Waals surface area contributed by atoms with E-state index in [-0.39, 0.29) is 0 Å². The molecule has 0 aliphatic carbocycles. The number of benzene rings is 1. The largest absolute Gasteiger partial charge is 0.492 e. The highest BCUT2D eigenvalue weighted by molar-refractivity contribution is 5.48. The number of hydrogen-bond acceptors (Lipinski definition) is 3. The normalized spacial score (nSPS) is 20.4. The predicted molar refractivity (Wildman–Crippen MR) is 57.5 cm³/mol. The molecular formula is C11H16N2O. The maximum absolute atomic E-state index is 5.73. The molecule has 2 N–H and O–H groups in total. The minimum Gasteiger partial charge on any atom is -0.492 e. The summed E-state index contributed by atoms with van der Waals surface area (Å²) in [6.45, 7) is 0.768. The van der Waals surface area contributed by atoms with Gasteiger partial charge in [0.25, 0.3) is 0 Å². The zero-order chi connectivity index (χ0) is 10.1. The Morgan fingerprint density at radius 3 is 2.93 bits per heavy atom. The average Bonchev–Trinajstić information content (AvgIpc) is 2.16. The number of fused-ring (bicyclic) bond motifs is 1. The van der Waals surface area contributed by atoms with Crippen LogP contribution in [0.25, 0.3) is 0 Å². The van der Waals surface area contributed by atoms with Crippen LogP contribution in [0.2, 0.25) is 0 Å². The standard InChI is InChI=1S/C11H16N2O/c1-13(2)10-6-8-5-9(12)3-4-11(8)14-7-10/h3-5,10H,6-7,12H2,1-2H3. The number of nitrogens with zero attached hydrogens (tertiary/aromatic N) is 1. The molecule has 0 amide bonds. The molecule has 1 atom stereocenters. The van der Waals surface area contributed by atoms with Gasteiger partial charge in [-0.05, 0) is 44.3 Å². The number of nitrogens with two attached hydrogens (primary N) is 1. The molecular weight excluding hydrogens is 176 g/mol. The maximum atomic E-state index is 5.73. The highest BCUT2D eigenvalue weighted by atomic mass is 16.5. The van der Waals surface area contributed by atoms with E-state index in [9.17, 15) is 0 Å². The molecule has 2 rings (SSSR count). The van der Waals surface area contributed by atoms with E-state index in [4.69, 9.17) is 10.5 Å². The van der Waals surface area contributed by atoms with E-state index in [2.05, 4.69) is 19.0 Å². The SMILES string of the molecule is CN(C)C1COc2ccc(N)cc2C1. The molecule has 14 heavy (non-hydrogen) atoms. The Morgan fingerprint density at radius 1 is 1.43 bits per heavy atom. The van der Waals surface area contributed by atoms with Crippen LogP contribution in [-0.2, 0) is 6.42 Å². The number of likely N-dealkylation sites (N-methyl/N-ethyl adjacent to an activating group) is 1. The van der Waals surface area contributed by atoms with E-state index >= 15 is 0 Å². The first-order chi connectivity index (χ1) is 6.66. The van der Waals surface area contributed by atoms with Crippen LogP contribution >= 0.6 is 0 Å². The Kier molecular flexibility index (Phi) is 2.33. The summed E-state index contributed by atoms with van der Waals surface area (Å²) in [5.74, 6) is 0.984. The summed E-state index contributed by atoms with van der Waals surface area (Å²) in [5.41, 5.74) is 7.76. The zero-order valence-electron chi connectivity index (χ0n) is 8.66. The van der Waals surface area contributed by atoms with Crippen LogP contribution in [0, 0.1) is 0 Å². The van der Waals surface area contributed by atoms with Gasteiger partial charge in [-0.25, -0.2) is 0 Å². The van der Waals surface area contributed by atoms with Crippen LogP contribution in [0.15, 0.2) is 18.2 Å². The lowest BCUT2D eigenvalue weighted by Gasteiger charge is -2.30. The summed E-state index contributed by atoms with van der Waals surface area (Å²) in [5, 5.41) is 0. The zero-order valence-corrected chi connectivity index (χ0v) is 8.66. The van der Waals surface area contributed by atoms with Crippen molar-refractivity contribution in [1.82, 2.24) is 4.90 Å². The van der Waals surface area contributed by atoms with Gasteiger partial charge in [-0.3, -0.25) is 0 Å². The van der Waals surface area contributed by atoms with Gasteiger partial charge in [-0.1, -0.05) is 0 Å².